The second-order valence-electron chi connectivity index (χ2n) is 9.06. The van der Waals surface area contributed by atoms with Gasteiger partial charge in [0.15, 0.2) is 5.96 Å². The van der Waals surface area contributed by atoms with Crippen molar-refractivity contribution in [2.45, 2.75) is 47.5 Å². The first-order valence-electron chi connectivity index (χ1n) is 9.76. The Labute approximate surface area is 176 Å². The average molecular weight is 430 g/mol. The number of aliphatic imine (C=N–C) groups is 1. The van der Waals surface area contributed by atoms with E-state index in [2.05, 4.69) is 44.4 Å². The van der Waals surface area contributed by atoms with Gasteiger partial charge in [0.25, 0.3) is 0 Å². The Kier molecular flexibility index (Phi) is 9.28. The third kappa shape index (κ3) is 10.9. The molecule has 0 saturated heterocycles. The zero-order valence-electron chi connectivity index (χ0n) is 18.1. The highest BCUT2D eigenvalue weighted by Crippen LogP contribution is 2.24. The zero-order chi connectivity index (χ0) is 21.4. The quantitative estimate of drug-likeness (QED) is 0.436. The third-order valence-corrected chi connectivity index (χ3v) is 5.65. The lowest BCUT2D eigenvalue weighted by molar-refractivity contribution is 0.346. The molecule has 0 bridgehead atoms. The van der Waals surface area contributed by atoms with Crippen molar-refractivity contribution in [3.05, 3.63) is 34.9 Å². The van der Waals surface area contributed by atoms with Crippen LogP contribution in [0.4, 0.5) is 0 Å². The summed E-state index contributed by atoms with van der Waals surface area (Å²) in [6, 6.07) is 7.95. The highest BCUT2D eigenvalue weighted by Gasteiger charge is 2.22. The molecule has 5 nitrogen and oxygen atoms in total. The summed E-state index contributed by atoms with van der Waals surface area (Å²) < 4.78 is 22.9. The second kappa shape index (κ2) is 10.5. The van der Waals surface area contributed by atoms with Crippen LogP contribution in [0.2, 0.25) is 5.02 Å². The van der Waals surface area contributed by atoms with Gasteiger partial charge in [0, 0.05) is 30.9 Å². The molecule has 0 heterocycles. The minimum absolute atomic E-state index is 0.0150. The SMILES string of the molecule is CCNC(=NCC(C)(C)Cc1cccc(Cl)c1)NCC(C)(C)CCS(C)(=O)=O. The van der Waals surface area contributed by atoms with Crippen molar-refractivity contribution in [3.63, 3.8) is 0 Å². The molecule has 2 N–H and O–H groups in total. The molecule has 160 valence electrons. The van der Waals surface area contributed by atoms with E-state index < -0.39 is 9.84 Å². The summed E-state index contributed by atoms with van der Waals surface area (Å²) in [5, 5.41) is 7.39. The van der Waals surface area contributed by atoms with Crippen molar-refractivity contribution < 1.29 is 8.42 Å². The molecule has 28 heavy (non-hydrogen) atoms. The van der Waals surface area contributed by atoms with Gasteiger partial charge < -0.3 is 10.6 Å². The van der Waals surface area contributed by atoms with Crippen LogP contribution in [-0.4, -0.2) is 46.0 Å². The molecule has 1 aromatic carbocycles. The number of sulfone groups is 1. The summed E-state index contributed by atoms with van der Waals surface area (Å²) in [5.74, 6) is 0.955. The Morgan fingerprint density at radius 2 is 1.82 bits per heavy atom. The Hall–Kier alpha value is -1.27. The number of nitrogens with zero attached hydrogens (tertiary/aromatic N) is 1. The second-order valence-corrected chi connectivity index (χ2v) is 11.8. The fourth-order valence-electron chi connectivity index (χ4n) is 2.76. The highest BCUT2D eigenvalue weighted by molar-refractivity contribution is 7.90. The van der Waals surface area contributed by atoms with E-state index in [4.69, 9.17) is 16.6 Å². The molecule has 0 aliphatic carbocycles. The van der Waals surface area contributed by atoms with Gasteiger partial charge in [0.1, 0.15) is 9.84 Å². The van der Waals surface area contributed by atoms with E-state index in [0.29, 0.717) is 19.5 Å². The lowest BCUT2D eigenvalue weighted by Gasteiger charge is -2.27. The van der Waals surface area contributed by atoms with Crippen LogP contribution in [0.3, 0.4) is 0 Å². The maximum absolute atomic E-state index is 11.4. The van der Waals surface area contributed by atoms with Crippen LogP contribution in [0.1, 0.15) is 46.6 Å². The number of rotatable bonds is 10. The molecule has 0 spiro atoms. The van der Waals surface area contributed by atoms with Crippen LogP contribution >= 0.6 is 11.6 Å². The molecule has 0 unspecified atom stereocenters. The van der Waals surface area contributed by atoms with E-state index in [-0.39, 0.29) is 16.6 Å². The lowest BCUT2D eigenvalue weighted by atomic mass is 9.86. The first-order valence-corrected chi connectivity index (χ1v) is 12.2. The van der Waals surface area contributed by atoms with Gasteiger partial charge in [0.2, 0.25) is 0 Å². The molecule has 0 amide bonds. The number of hydrogen-bond acceptors (Lipinski definition) is 3. The predicted molar refractivity (Wildman–Crippen MR) is 121 cm³/mol. The Morgan fingerprint density at radius 3 is 2.39 bits per heavy atom. The maximum Gasteiger partial charge on any atom is 0.191 e. The van der Waals surface area contributed by atoms with Gasteiger partial charge in [-0.2, -0.15) is 0 Å². The normalized spacial score (nSPS) is 13.5. The number of halogens is 1. The van der Waals surface area contributed by atoms with Gasteiger partial charge in [-0.1, -0.05) is 51.4 Å². The predicted octanol–water partition coefficient (Wildman–Crippen LogP) is 3.92. The molecular formula is C21H36ClN3O2S. The van der Waals surface area contributed by atoms with E-state index in [1.54, 1.807) is 0 Å². The van der Waals surface area contributed by atoms with Crippen LogP contribution in [0.15, 0.2) is 29.3 Å². The maximum atomic E-state index is 11.4. The summed E-state index contributed by atoms with van der Waals surface area (Å²) in [6.45, 7) is 12.6. The monoisotopic (exact) mass is 429 g/mol. The van der Waals surface area contributed by atoms with E-state index >= 15 is 0 Å². The van der Waals surface area contributed by atoms with E-state index in [1.165, 1.54) is 11.8 Å². The van der Waals surface area contributed by atoms with Crippen molar-refractivity contribution in [1.82, 2.24) is 10.6 Å². The van der Waals surface area contributed by atoms with Crippen molar-refractivity contribution in [1.29, 1.82) is 0 Å². The van der Waals surface area contributed by atoms with Crippen molar-refractivity contribution in [2.24, 2.45) is 15.8 Å². The Morgan fingerprint density at radius 1 is 1.14 bits per heavy atom. The molecule has 0 atom stereocenters. The average Bonchev–Trinajstić information content (AvgIpc) is 2.55. The number of nitrogens with one attached hydrogen (secondary N) is 2. The van der Waals surface area contributed by atoms with Crippen LogP contribution < -0.4 is 10.6 Å². The lowest BCUT2D eigenvalue weighted by Crippen LogP contribution is -2.43. The summed E-state index contributed by atoms with van der Waals surface area (Å²) in [5.41, 5.74) is 1.04. The number of hydrogen-bond donors (Lipinski definition) is 2. The standard InChI is InChI=1S/C21H36ClN3O2S/c1-7-23-19(24-15-20(2,3)11-12-28(6,26)27)25-16-21(4,5)14-17-9-8-10-18(22)13-17/h8-10,13H,7,11-12,14-16H2,1-6H3,(H2,23,24,25). The van der Waals surface area contributed by atoms with Crippen LogP contribution in [0.25, 0.3) is 0 Å². The summed E-state index contributed by atoms with van der Waals surface area (Å²) in [4.78, 5) is 4.76. The van der Waals surface area contributed by atoms with Crippen LogP contribution in [0.5, 0.6) is 0 Å². The molecule has 1 rings (SSSR count). The fraction of sp³-hybridized carbons (Fsp3) is 0.667. The van der Waals surface area contributed by atoms with Crippen molar-refractivity contribution in [2.75, 3.05) is 31.6 Å². The molecule has 0 aliphatic rings. The smallest absolute Gasteiger partial charge is 0.191 e. The summed E-state index contributed by atoms with van der Waals surface area (Å²) in [6.07, 6.45) is 2.78. The highest BCUT2D eigenvalue weighted by atomic mass is 35.5. The molecule has 0 aliphatic heterocycles. The minimum atomic E-state index is -2.95. The van der Waals surface area contributed by atoms with Crippen LogP contribution in [0, 0.1) is 10.8 Å². The zero-order valence-corrected chi connectivity index (χ0v) is 19.7. The van der Waals surface area contributed by atoms with Crippen molar-refractivity contribution in [3.8, 4) is 0 Å². The van der Waals surface area contributed by atoms with Gasteiger partial charge in [0.05, 0.1) is 5.75 Å². The minimum Gasteiger partial charge on any atom is -0.357 e. The molecule has 0 radical (unpaired) electrons. The van der Waals surface area contributed by atoms with Crippen molar-refractivity contribution >= 4 is 27.4 Å². The van der Waals surface area contributed by atoms with E-state index in [1.807, 2.05) is 25.1 Å². The van der Waals surface area contributed by atoms with Gasteiger partial charge in [-0.05, 0) is 48.3 Å². The van der Waals surface area contributed by atoms with Gasteiger partial charge in [-0.25, -0.2) is 8.42 Å². The summed E-state index contributed by atoms with van der Waals surface area (Å²) in [7, 11) is -2.95. The van der Waals surface area contributed by atoms with Gasteiger partial charge >= 0.3 is 0 Å². The Bertz CT molecular complexity index is 759. The van der Waals surface area contributed by atoms with E-state index in [9.17, 15) is 8.42 Å². The molecular weight excluding hydrogens is 394 g/mol. The van der Waals surface area contributed by atoms with Gasteiger partial charge in [-0.15, -0.1) is 0 Å². The first kappa shape index (κ1) is 24.8. The summed E-state index contributed by atoms with van der Waals surface area (Å²) >= 11 is 6.09. The molecule has 0 aromatic heterocycles. The van der Waals surface area contributed by atoms with Crippen LogP contribution in [-0.2, 0) is 16.3 Å². The molecule has 0 saturated carbocycles. The number of guanidine groups is 1. The third-order valence-electron chi connectivity index (χ3n) is 4.47. The topological polar surface area (TPSA) is 70.6 Å². The van der Waals surface area contributed by atoms with Gasteiger partial charge in [-0.3, -0.25) is 4.99 Å². The Balaban J connectivity index is 2.69. The molecule has 7 heteroatoms. The first-order chi connectivity index (χ1) is 12.8. The van der Waals surface area contributed by atoms with E-state index in [0.717, 1.165) is 23.9 Å². The molecule has 0 fully saturated rings. The fourth-order valence-corrected chi connectivity index (χ4v) is 3.90. The molecule has 1 aromatic rings. The number of benzene rings is 1. The largest absolute Gasteiger partial charge is 0.357 e.